The number of para-hydroxylation sites is 1. The van der Waals surface area contributed by atoms with E-state index >= 15 is 0 Å². The van der Waals surface area contributed by atoms with E-state index in [1.807, 2.05) is 12.1 Å². The largest absolute Gasteiger partial charge is 0.493 e. The third-order valence-corrected chi connectivity index (χ3v) is 6.03. The molecule has 2 aromatic carbocycles. The number of anilines is 1. The lowest BCUT2D eigenvalue weighted by molar-refractivity contribution is -0.121. The summed E-state index contributed by atoms with van der Waals surface area (Å²) in [7, 11) is 0. The number of hydrogen-bond acceptors (Lipinski definition) is 5. The molecule has 0 radical (unpaired) electrons. The van der Waals surface area contributed by atoms with Gasteiger partial charge in [0, 0.05) is 18.8 Å². The highest BCUT2D eigenvalue weighted by Gasteiger charge is 2.25. The zero-order chi connectivity index (χ0) is 24.7. The maximum atomic E-state index is 13.1. The molecule has 1 saturated heterocycles. The van der Waals surface area contributed by atoms with Gasteiger partial charge in [-0.05, 0) is 61.4 Å². The lowest BCUT2D eigenvalue weighted by Gasteiger charge is -2.35. The Bertz CT molecular complexity index is 991. The van der Waals surface area contributed by atoms with Crippen molar-refractivity contribution >= 4 is 17.6 Å². The number of carboxylic acid groups (broad SMARTS) is 1. The van der Waals surface area contributed by atoms with Crippen LogP contribution in [0.25, 0.3) is 0 Å². The first-order chi connectivity index (χ1) is 16.3. The summed E-state index contributed by atoms with van der Waals surface area (Å²) in [6.45, 7) is 7.87. The van der Waals surface area contributed by atoms with Crippen LogP contribution in [0.4, 0.5) is 5.69 Å². The predicted octanol–water partition coefficient (Wildman–Crippen LogP) is 4.19. The number of ether oxygens (including phenoxy) is 1. The molecular formula is C27H36N2O5. The standard InChI is InChI=1S/C27H36N2O5/c1-4-34-25-15-19(11-12-22(25)27(32)33)16-26(31)28-23(14-18(2)3)21-9-5-6-10-24(21)29-13-7-8-20(30)17-29/h5-6,9-12,15,18,20,23,30H,4,7-8,13-14,16-17H2,1-3H3,(H,28,31)(H,32,33)/t20-,23+/m1/s1. The van der Waals surface area contributed by atoms with Crippen molar-refractivity contribution in [1.29, 1.82) is 0 Å². The second kappa shape index (κ2) is 11.9. The van der Waals surface area contributed by atoms with E-state index in [1.165, 1.54) is 6.07 Å². The fraction of sp³-hybridized carbons (Fsp3) is 0.481. The number of carboxylic acids is 1. The molecule has 0 aromatic heterocycles. The minimum absolute atomic E-state index is 0.0846. The van der Waals surface area contributed by atoms with Gasteiger partial charge < -0.3 is 25.2 Å². The van der Waals surface area contributed by atoms with Crippen molar-refractivity contribution in [2.75, 3.05) is 24.6 Å². The Morgan fingerprint density at radius 1 is 1.21 bits per heavy atom. The normalized spacial score (nSPS) is 16.9. The van der Waals surface area contributed by atoms with Gasteiger partial charge in [0.25, 0.3) is 0 Å². The number of aliphatic hydroxyl groups is 1. The summed E-state index contributed by atoms with van der Waals surface area (Å²) in [6, 6.07) is 12.7. The quantitative estimate of drug-likeness (QED) is 0.484. The minimum atomic E-state index is -1.06. The van der Waals surface area contributed by atoms with E-state index in [0.717, 1.165) is 37.1 Å². The number of benzene rings is 2. The van der Waals surface area contributed by atoms with Crippen LogP contribution in [0.2, 0.25) is 0 Å². The Balaban J connectivity index is 1.81. The molecule has 2 atom stereocenters. The highest BCUT2D eigenvalue weighted by Crippen LogP contribution is 2.32. The van der Waals surface area contributed by atoms with Gasteiger partial charge in [-0.15, -0.1) is 0 Å². The van der Waals surface area contributed by atoms with Gasteiger partial charge in [0.15, 0.2) is 0 Å². The highest BCUT2D eigenvalue weighted by molar-refractivity contribution is 5.91. The summed E-state index contributed by atoms with van der Waals surface area (Å²) in [6.07, 6.45) is 2.31. The van der Waals surface area contributed by atoms with E-state index in [1.54, 1.807) is 19.1 Å². The molecule has 3 rings (SSSR count). The van der Waals surface area contributed by atoms with Crippen LogP contribution in [0, 0.1) is 5.92 Å². The maximum Gasteiger partial charge on any atom is 0.339 e. The molecule has 1 heterocycles. The van der Waals surface area contributed by atoms with Crippen molar-refractivity contribution in [3.8, 4) is 5.75 Å². The van der Waals surface area contributed by atoms with Gasteiger partial charge in [0.1, 0.15) is 11.3 Å². The van der Waals surface area contributed by atoms with Crippen LogP contribution in [0.1, 0.15) is 67.6 Å². The molecule has 3 N–H and O–H groups in total. The van der Waals surface area contributed by atoms with Gasteiger partial charge >= 0.3 is 5.97 Å². The zero-order valence-electron chi connectivity index (χ0n) is 20.3. The van der Waals surface area contributed by atoms with Crippen molar-refractivity contribution in [1.82, 2.24) is 5.32 Å². The number of nitrogens with one attached hydrogen (secondary N) is 1. The first-order valence-electron chi connectivity index (χ1n) is 12.1. The topological polar surface area (TPSA) is 99.1 Å². The monoisotopic (exact) mass is 468 g/mol. The van der Waals surface area contributed by atoms with Crippen molar-refractivity contribution in [2.24, 2.45) is 5.92 Å². The summed E-state index contributed by atoms with van der Waals surface area (Å²) in [5.41, 5.74) is 2.88. The molecule has 7 nitrogen and oxygen atoms in total. The molecule has 34 heavy (non-hydrogen) atoms. The minimum Gasteiger partial charge on any atom is -0.493 e. The number of aliphatic hydroxyl groups excluding tert-OH is 1. The summed E-state index contributed by atoms with van der Waals surface area (Å²) in [5, 5.41) is 22.8. The molecule has 0 aliphatic carbocycles. The van der Waals surface area contributed by atoms with Crippen LogP contribution in [0.5, 0.6) is 5.75 Å². The molecule has 2 aromatic rings. The molecule has 0 unspecified atom stereocenters. The van der Waals surface area contributed by atoms with E-state index in [0.29, 0.717) is 24.6 Å². The van der Waals surface area contributed by atoms with Crippen LogP contribution in [0.3, 0.4) is 0 Å². The number of hydrogen-bond donors (Lipinski definition) is 3. The molecular weight excluding hydrogens is 432 g/mol. The number of β-amino-alcohol motifs (C(OH)–C–C–N with tert-alkyl or cyclic N) is 1. The molecule has 0 bridgehead atoms. The number of rotatable bonds is 10. The van der Waals surface area contributed by atoms with Crippen molar-refractivity contribution in [2.45, 2.75) is 58.6 Å². The van der Waals surface area contributed by atoms with E-state index < -0.39 is 5.97 Å². The van der Waals surface area contributed by atoms with Gasteiger partial charge in [-0.25, -0.2) is 4.79 Å². The summed E-state index contributed by atoms with van der Waals surface area (Å²) >= 11 is 0. The van der Waals surface area contributed by atoms with Crippen LogP contribution >= 0.6 is 0 Å². The Hall–Kier alpha value is -3.06. The SMILES string of the molecule is CCOc1cc(CC(=O)N[C@@H](CC(C)C)c2ccccc2N2CCC[C@@H](O)C2)ccc1C(=O)O. The molecule has 1 aliphatic rings. The summed E-state index contributed by atoms with van der Waals surface area (Å²) < 4.78 is 5.48. The Kier molecular flexibility index (Phi) is 8.93. The second-order valence-electron chi connectivity index (χ2n) is 9.30. The predicted molar refractivity (Wildman–Crippen MR) is 133 cm³/mol. The van der Waals surface area contributed by atoms with Crippen LogP contribution < -0.4 is 15.0 Å². The lowest BCUT2D eigenvalue weighted by atomic mass is 9.94. The smallest absolute Gasteiger partial charge is 0.339 e. The number of carbonyl (C=O) groups excluding carboxylic acids is 1. The fourth-order valence-electron chi connectivity index (χ4n) is 4.54. The van der Waals surface area contributed by atoms with Crippen molar-refractivity contribution in [3.05, 3.63) is 59.2 Å². The third-order valence-electron chi connectivity index (χ3n) is 6.03. The fourth-order valence-corrected chi connectivity index (χ4v) is 4.54. The van der Waals surface area contributed by atoms with Gasteiger partial charge in [0.2, 0.25) is 5.91 Å². The first-order valence-corrected chi connectivity index (χ1v) is 12.1. The number of amides is 1. The van der Waals surface area contributed by atoms with Crippen molar-refractivity contribution < 1.29 is 24.5 Å². The van der Waals surface area contributed by atoms with Gasteiger partial charge in [0.05, 0.1) is 25.2 Å². The van der Waals surface area contributed by atoms with Gasteiger partial charge in [-0.3, -0.25) is 4.79 Å². The molecule has 0 saturated carbocycles. The Morgan fingerprint density at radius 3 is 2.65 bits per heavy atom. The molecule has 0 spiro atoms. The van der Waals surface area contributed by atoms with Crippen molar-refractivity contribution in [3.63, 3.8) is 0 Å². The van der Waals surface area contributed by atoms with E-state index in [-0.39, 0.29) is 35.8 Å². The number of piperidine rings is 1. The lowest BCUT2D eigenvalue weighted by Crippen LogP contribution is -2.39. The maximum absolute atomic E-state index is 13.1. The zero-order valence-corrected chi connectivity index (χ0v) is 20.3. The average Bonchev–Trinajstić information content (AvgIpc) is 2.78. The number of aromatic carboxylic acids is 1. The molecule has 1 aliphatic heterocycles. The third kappa shape index (κ3) is 6.73. The van der Waals surface area contributed by atoms with E-state index in [9.17, 15) is 19.8 Å². The molecule has 7 heteroatoms. The van der Waals surface area contributed by atoms with Crippen LogP contribution in [-0.4, -0.2) is 47.9 Å². The Morgan fingerprint density at radius 2 is 1.97 bits per heavy atom. The van der Waals surface area contributed by atoms with Crippen LogP contribution in [-0.2, 0) is 11.2 Å². The Labute approximate surface area is 201 Å². The average molecular weight is 469 g/mol. The molecule has 184 valence electrons. The number of nitrogens with zero attached hydrogens (tertiary/aromatic N) is 1. The van der Waals surface area contributed by atoms with E-state index in [4.69, 9.17) is 4.74 Å². The first kappa shape index (κ1) is 25.6. The van der Waals surface area contributed by atoms with Gasteiger partial charge in [-0.2, -0.15) is 0 Å². The van der Waals surface area contributed by atoms with Gasteiger partial charge in [-0.1, -0.05) is 38.1 Å². The highest BCUT2D eigenvalue weighted by atomic mass is 16.5. The second-order valence-corrected chi connectivity index (χ2v) is 9.30. The number of carbonyl (C=O) groups is 2. The molecule has 1 amide bonds. The summed E-state index contributed by atoms with van der Waals surface area (Å²) in [5.74, 6) is -0.557. The molecule has 1 fully saturated rings. The summed E-state index contributed by atoms with van der Waals surface area (Å²) in [4.78, 5) is 26.7. The van der Waals surface area contributed by atoms with E-state index in [2.05, 4.69) is 36.2 Å². The van der Waals surface area contributed by atoms with Crippen LogP contribution in [0.15, 0.2) is 42.5 Å².